The summed E-state index contributed by atoms with van der Waals surface area (Å²) in [5.41, 5.74) is 5.69. The molecule has 1 heterocycles. The van der Waals surface area contributed by atoms with E-state index >= 15 is 0 Å². The molecule has 0 aliphatic carbocycles. The first-order chi connectivity index (χ1) is 13.4. The summed E-state index contributed by atoms with van der Waals surface area (Å²) in [5, 5.41) is 4.71. The molecule has 2 aromatic carbocycles. The Balaban J connectivity index is 1.71. The van der Waals surface area contributed by atoms with Crippen molar-refractivity contribution in [2.75, 3.05) is 0 Å². The fraction of sp³-hybridized carbons (Fsp3) is 0.100. The highest BCUT2D eigenvalue weighted by atomic mass is 35.5. The van der Waals surface area contributed by atoms with Crippen LogP contribution in [0.15, 0.2) is 65.5 Å². The normalized spacial score (nSPS) is 10.4. The van der Waals surface area contributed by atoms with Crippen LogP contribution in [-0.2, 0) is 11.2 Å². The van der Waals surface area contributed by atoms with Crippen molar-refractivity contribution in [1.29, 1.82) is 0 Å². The maximum atomic E-state index is 12.3. The van der Waals surface area contributed by atoms with Gasteiger partial charge in [0.2, 0.25) is 11.3 Å². The number of para-hydroxylation sites is 1. The summed E-state index contributed by atoms with van der Waals surface area (Å²) in [7, 11) is 0. The second-order valence-electron chi connectivity index (χ2n) is 6.05. The van der Waals surface area contributed by atoms with E-state index in [4.69, 9.17) is 11.6 Å². The van der Waals surface area contributed by atoms with Gasteiger partial charge in [-0.3, -0.25) is 25.2 Å². The van der Waals surface area contributed by atoms with Gasteiger partial charge in [0.25, 0.3) is 5.91 Å². The number of hydrogen-bond acceptors (Lipinski definition) is 4. The molecule has 0 atom stereocenters. The smallest absolute Gasteiger partial charge is 0.287 e. The van der Waals surface area contributed by atoms with Crippen molar-refractivity contribution in [2.24, 2.45) is 0 Å². The van der Waals surface area contributed by atoms with Crippen LogP contribution in [0.5, 0.6) is 0 Å². The largest absolute Gasteiger partial charge is 0.294 e. The lowest BCUT2D eigenvalue weighted by atomic mass is 10.1. The first kappa shape index (κ1) is 19.3. The molecule has 0 spiro atoms. The maximum Gasteiger partial charge on any atom is 0.294 e. The van der Waals surface area contributed by atoms with Gasteiger partial charge in [-0.25, -0.2) is 4.68 Å². The molecule has 2 N–H and O–H groups in total. The number of amides is 2. The zero-order chi connectivity index (χ0) is 20.1. The van der Waals surface area contributed by atoms with E-state index in [0.29, 0.717) is 16.4 Å². The minimum absolute atomic E-state index is 0.0486. The predicted octanol–water partition coefficient (Wildman–Crippen LogP) is 2.20. The van der Waals surface area contributed by atoms with E-state index in [1.807, 2.05) is 18.2 Å². The summed E-state index contributed by atoms with van der Waals surface area (Å²) < 4.78 is 1.49. The molecule has 0 saturated carbocycles. The topological polar surface area (TPSA) is 93.1 Å². The second kappa shape index (κ2) is 8.49. The van der Waals surface area contributed by atoms with Crippen LogP contribution in [-0.4, -0.2) is 21.6 Å². The maximum absolute atomic E-state index is 12.3. The molecular formula is C20H17ClN4O3. The monoisotopic (exact) mass is 396 g/mol. The fourth-order valence-corrected chi connectivity index (χ4v) is 2.68. The number of aryl methyl sites for hydroxylation is 1. The lowest BCUT2D eigenvalue weighted by Crippen LogP contribution is -2.44. The zero-order valence-corrected chi connectivity index (χ0v) is 15.7. The quantitative estimate of drug-likeness (QED) is 0.661. The Morgan fingerprint density at radius 1 is 1.04 bits per heavy atom. The van der Waals surface area contributed by atoms with Gasteiger partial charge in [-0.05, 0) is 36.8 Å². The fourth-order valence-electron chi connectivity index (χ4n) is 2.55. The summed E-state index contributed by atoms with van der Waals surface area (Å²) in [6.07, 6.45) is 0.0486. The second-order valence-corrected chi connectivity index (χ2v) is 6.49. The summed E-state index contributed by atoms with van der Waals surface area (Å²) in [6.45, 7) is 1.72. The molecule has 0 aliphatic heterocycles. The van der Waals surface area contributed by atoms with Crippen LogP contribution < -0.4 is 16.3 Å². The van der Waals surface area contributed by atoms with Crippen molar-refractivity contribution in [3.05, 3.63) is 92.9 Å². The van der Waals surface area contributed by atoms with E-state index < -0.39 is 17.2 Å². The first-order valence-electron chi connectivity index (χ1n) is 8.44. The average molecular weight is 397 g/mol. The van der Waals surface area contributed by atoms with Gasteiger partial charge >= 0.3 is 0 Å². The van der Waals surface area contributed by atoms with E-state index in [9.17, 15) is 14.4 Å². The number of halogens is 1. The van der Waals surface area contributed by atoms with Crippen molar-refractivity contribution in [2.45, 2.75) is 13.3 Å². The minimum atomic E-state index is -0.792. The van der Waals surface area contributed by atoms with Crippen molar-refractivity contribution >= 4 is 23.4 Å². The van der Waals surface area contributed by atoms with Gasteiger partial charge < -0.3 is 0 Å². The van der Waals surface area contributed by atoms with Gasteiger partial charge in [-0.2, -0.15) is 5.10 Å². The van der Waals surface area contributed by atoms with Crippen LogP contribution in [0, 0.1) is 6.92 Å². The van der Waals surface area contributed by atoms with Gasteiger partial charge in [0.1, 0.15) is 0 Å². The summed E-state index contributed by atoms with van der Waals surface area (Å²) in [6, 6.07) is 17.2. The van der Waals surface area contributed by atoms with E-state index in [1.165, 1.54) is 10.7 Å². The number of carbonyl (C=O) groups excluding carboxylic acids is 2. The Labute approximate surface area is 165 Å². The molecule has 0 radical (unpaired) electrons. The molecular weight excluding hydrogens is 380 g/mol. The van der Waals surface area contributed by atoms with Gasteiger partial charge in [-0.1, -0.05) is 41.9 Å². The SMILES string of the molecule is Cc1cc(=O)c(C(=O)NNC(=O)Cc2ccc(Cl)cc2)nn1-c1ccccc1. The van der Waals surface area contributed by atoms with Crippen LogP contribution in [0.25, 0.3) is 5.69 Å². The predicted molar refractivity (Wildman–Crippen MR) is 105 cm³/mol. The van der Waals surface area contributed by atoms with E-state index in [0.717, 1.165) is 5.56 Å². The minimum Gasteiger partial charge on any atom is -0.287 e. The molecule has 0 unspecified atom stereocenters. The zero-order valence-electron chi connectivity index (χ0n) is 15.0. The van der Waals surface area contributed by atoms with Crippen LogP contribution in [0.2, 0.25) is 5.02 Å². The third-order valence-electron chi connectivity index (χ3n) is 3.92. The molecule has 3 aromatic rings. The highest BCUT2D eigenvalue weighted by molar-refractivity contribution is 6.30. The molecule has 7 nitrogen and oxygen atoms in total. The number of nitrogens with zero attached hydrogens (tertiary/aromatic N) is 2. The molecule has 142 valence electrons. The molecule has 0 saturated heterocycles. The third-order valence-corrected chi connectivity index (χ3v) is 4.17. The summed E-state index contributed by atoms with van der Waals surface area (Å²) >= 11 is 5.81. The van der Waals surface area contributed by atoms with Crippen LogP contribution in [0.3, 0.4) is 0 Å². The number of aromatic nitrogens is 2. The standard InChI is InChI=1S/C20H17ClN4O3/c1-13-11-17(26)19(24-25(13)16-5-3-2-4-6-16)20(28)23-22-18(27)12-14-7-9-15(21)10-8-14/h2-11H,12H2,1H3,(H,22,27)(H,23,28). The Morgan fingerprint density at radius 3 is 2.39 bits per heavy atom. The van der Waals surface area contributed by atoms with E-state index in [2.05, 4.69) is 16.0 Å². The number of hydrazine groups is 1. The first-order valence-corrected chi connectivity index (χ1v) is 8.82. The van der Waals surface area contributed by atoms with E-state index in [1.54, 1.807) is 43.3 Å². The summed E-state index contributed by atoms with van der Waals surface area (Å²) in [4.78, 5) is 36.5. The summed E-state index contributed by atoms with van der Waals surface area (Å²) in [5.74, 6) is -1.23. The van der Waals surface area contributed by atoms with E-state index in [-0.39, 0.29) is 12.1 Å². The lowest BCUT2D eigenvalue weighted by molar-refractivity contribution is -0.121. The average Bonchev–Trinajstić information content (AvgIpc) is 2.69. The molecule has 3 rings (SSSR count). The van der Waals surface area contributed by atoms with Gasteiger partial charge in [-0.15, -0.1) is 0 Å². The Hall–Kier alpha value is -3.45. The number of benzene rings is 2. The number of nitrogens with one attached hydrogen (secondary N) is 2. The molecule has 1 aromatic heterocycles. The molecule has 0 fully saturated rings. The molecule has 28 heavy (non-hydrogen) atoms. The van der Waals surface area contributed by atoms with Crippen molar-refractivity contribution in [3.63, 3.8) is 0 Å². The highest BCUT2D eigenvalue weighted by Crippen LogP contribution is 2.10. The number of hydrogen-bond donors (Lipinski definition) is 2. The Bertz CT molecular complexity index is 1060. The molecule has 2 amide bonds. The van der Waals surface area contributed by atoms with Crippen molar-refractivity contribution in [1.82, 2.24) is 20.6 Å². The Kier molecular flexibility index (Phi) is 5.86. The van der Waals surface area contributed by atoms with Crippen molar-refractivity contribution < 1.29 is 9.59 Å². The molecule has 8 heteroatoms. The number of rotatable bonds is 4. The van der Waals surface area contributed by atoms with Gasteiger partial charge in [0.15, 0.2) is 5.69 Å². The Morgan fingerprint density at radius 2 is 1.71 bits per heavy atom. The van der Waals surface area contributed by atoms with Gasteiger partial charge in [0, 0.05) is 16.8 Å². The third kappa shape index (κ3) is 4.63. The molecule has 0 aliphatic rings. The van der Waals surface area contributed by atoms with Crippen LogP contribution >= 0.6 is 11.6 Å². The molecule has 0 bridgehead atoms. The van der Waals surface area contributed by atoms with Crippen LogP contribution in [0.4, 0.5) is 0 Å². The van der Waals surface area contributed by atoms with Crippen molar-refractivity contribution in [3.8, 4) is 5.69 Å². The van der Waals surface area contributed by atoms with Crippen LogP contribution in [0.1, 0.15) is 21.7 Å². The highest BCUT2D eigenvalue weighted by Gasteiger charge is 2.16. The van der Waals surface area contributed by atoms with Gasteiger partial charge in [0.05, 0.1) is 12.1 Å². The lowest BCUT2D eigenvalue weighted by Gasteiger charge is -2.11. The number of carbonyl (C=O) groups is 2.